The minimum atomic E-state index is -0.552. The summed E-state index contributed by atoms with van der Waals surface area (Å²) < 4.78 is 11.8. The Morgan fingerprint density at radius 2 is 1.83 bits per heavy atom. The number of nitrogens with one attached hydrogen (secondary N) is 4. The Balaban J connectivity index is 0.848. The van der Waals surface area contributed by atoms with Gasteiger partial charge in [0, 0.05) is 57.1 Å². The van der Waals surface area contributed by atoms with Gasteiger partial charge in [-0.1, -0.05) is 0 Å². The SMILES string of the molecule is O=C(NC[C@H](O)CN1CCC2CC(OCC3CNCO3)CCC2C1)C1CCNC(NC2CCN(C(=O)C3CC3)CC2)C1. The molecule has 238 valence electrons. The number of aliphatic hydroxyl groups is 1. The molecule has 6 rings (SSSR count). The normalized spacial score (nSPS) is 35.5. The van der Waals surface area contributed by atoms with E-state index in [9.17, 15) is 14.7 Å². The minimum Gasteiger partial charge on any atom is -0.390 e. The Labute approximate surface area is 251 Å². The average Bonchev–Trinajstić information content (AvgIpc) is 3.73. The largest absolute Gasteiger partial charge is 0.390 e. The highest BCUT2D eigenvalue weighted by atomic mass is 16.5. The smallest absolute Gasteiger partial charge is 0.225 e. The Morgan fingerprint density at radius 3 is 2.62 bits per heavy atom. The molecule has 5 N–H and O–H groups in total. The van der Waals surface area contributed by atoms with Crippen LogP contribution in [-0.2, 0) is 19.1 Å². The van der Waals surface area contributed by atoms with Gasteiger partial charge in [0.2, 0.25) is 11.8 Å². The number of hydrogen-bond acceptors (Lipinski definition) is 9. The number of piperidine rings is 3. The number of amides is 2. The van der Waals surface area contributed by atoms with E-state index < -0.39 is 6.10 Å². The van der Waals surface area contributed by atoms with Crippen LogP contribution in [0.5, 0.6) is 0 Å². The lowest BCUT2D eigenvalue weighted by Crippen LogP contribution is -2.56. The number of fused-ring (bicyclic) bond motifs is 1. The lowest BCUT2D eigenvalue weighted by Gasteiger charge is -2.44. The molecule has 6 fully saturated rings. The second-order valence-electron chi connectivity index (χ2n) is 13.9. The summed E-state index contributed by atoms with van der Waals surface area (Å²) in [6.45, 7) is 7.67. The molecule has 42 heavy (non-hydrogen) atoms. The van der Waals surface area contributed by atoms with Gasteiger partial charge in [0.25, 0.3) is 0 Å². The molecule has 11 heteroatoms. The van der Waals surface area contributed by atoms with Gasteiger partial charge in [-0.25, -0.2) is 0 Å². The molecule has 7 atom stereocenters. The van der Waals surface area contributed by atoms with Crippen molar-refractivity contribution in [3.8, 4) is 0 Å². The van der Waals surface area contributed by atoms with E-state index in [2.05, 4.69) is 26.2 Å². The molecule has 11 nitrogen and oxygen atoms in total. The van der Waals surface area contributed by atoms with E-state index in [1.165, 1.54) is 6.42 Å². The van der Waals surface area contributed by atoms with Crippen molar-refractivity contribution in [3.05, 3.63) is 0 Å². The molecule has 4 aliphatic heterocycles. The molecule has 6 aliphatic rings. The molecule has 2 aliphatic carbocycles. The van der Waals surface area contributed by atoms with Crippen LogP contribution in [0.15, 0.2) is 0 Å². The number of β-amino-alcohol motifs (C(OH)–C–C–N with tert-alkyl or cyclic N) is 1. The van der Waals surface area contributed by atoms with Crippen molar-refractivity contribution >= 4 is 11.8 Å². The van der Waals surface area contributed by atoms with Gasteiger partial charge in [0.1, 0.15) is 0 Å². The van der Waals surface area contributed by atoms with Crippen LogP contribution in [0, 0.1) is 23.7 Å². The molecule has 4 saturated heterocycles. The van der Waals surface area contributed by atoms with Crippen molar-refractivity contribution in [2.45, 2.75) is 94.7 Å². The highest BCUT2D eigenvalue weighted by Gasteiger charge is 2.37. The van der Waals surface area contributed by atoms with E-state index in [1.807, 2.05) is 4.90 Å². The van der Waals surface area contributed by atoms with E-state index in [0.717, 1.165) is 97.1 Å². The maximum atomic E-state index is 13.0. The van der Waals surface area contributed by atoms with Gasteiger partial charge < -0.3 is 35.0 Å². The molecule has 0 aromatic rings. The Bertz CT molecular complexity index is 893. The second-order valence-corrected chi connectivity index (χ2v) is 13.9. The number of carbonyl (C=O) groups is 2. The first-order valence-electron chi connectivity index (χ1n) is 16.9. The van der Waals surface area contributed by atoms with Crippen LogP contribution in [0.3, 0.4) is 0 Å². The predicted octanol–water partition coefficient (Wildman–Crippen LogP) is 0.233. The summed E-state index contributed by atoms with van der Waals surface area (Å²) in [6.07, 6.45) is 10.4. The molecule has 6 unspecified atom stereocenters. The highest BCUT2D eigenvalue weighted by molar-refractivity contribution is 5.81. The van der Waals surface area contributed by atoms with Gasteiger partial charge in [-0.15, -0.1) is 0 Å². The molecular weight excluding hydrogens is 536 g/mol. The predicted molar refractivity (Wildman–Crippen MR) is 158 cm³/mol. The van der Waals surface area contributed by atoms with E-state index in [0.29, 0.717) is 62.2 Å². The van der Waals surface area contributed by atoms with Gasteiger partial charge in [-0.3, -0.25) is 20.2 Å². The topological polar surface area (TPSA) is 127 Å². The molecule has 0 aromatic carbocycles. The summed E-state index contributed by atoms with van der Waals surface area (Å²) in [5.74, 6) is 2.04. The summed E-state index contributed by atoms with van der Waals surface area (Å²) in [4.78, 5) is 29.8. The van der Waals surface area contributed by atoms with Crippen LogP contribution in [0.1, 0.15) is 64.2 Å². The van der Waals surface area contributed by atoms with Crippen LogP contribution >= 0.6 is 0 Å². The quantitative estimate of drug-likeness (QED) is 0.230. The zero-order valence-corrected chi connectivity index (χ0v) is 25.3. The first-order chi connectivity index (χ1) is 20.5. The minimum absolute atomic E-state index is 0.0443. The molecule has 4 heterocycles. The number of nitrogens with zero attached hydrogens (tertiary/aromatic N) is 2. The monoisotopic (exact) mass is 590 g/mol. The van der Waals surface area contributed by atoms with Crippen molar-refractivity contribution in [1.29, 1.82) is 0 Å². The molecule has 0 bridgehead atoms. The summed E-state index contributed by atoms with van der Waals surface area (Å²) in [6, 6.07) is 0.380. The van der Waals surface area contributed by atoms with Crippen molar-refractivity contribution in [2.75, 3.05) is 65.7 Å². The molecule has 2 amide bonds. The van der Waals surface area contributed by atoms with E-state index in [4.69, 9.17) is 9.47 Å². The third-order valence-corrected chi connectivity index (χ3v) is 10.6. The average molecular weight is 591 g/mol. The number of likely N-dealkylation sites (tertiary alicyclic amines) is 2. The van der Waals surface area contributed by atoms with Crippen molar-refractivity contribution in [3.63, 3.8) is 0 Å². The number of rotatable bonds is 11. The summed E-state index contributed by atoms with van der Waals surface area (Å²) >= 11 is 0. The highest BCUT2D eigenvalue weighted by Crippen LogP contribution is 2.37. The third kappa shape index (κ3) is 8.43. The van der Waals surface area contributed by atoms with Gasteiger partial charge in [0.05, 0.1) is 37.8 Å². The number of aliphatic hydroxyl groups excluding tert-OH is 1. The summed E-state index contributed by atoms with van der Waals surface area (Å²) in [5.41, 5.74) is 0. The van der Waals surface area contributed by atoms with E-state index in [1.54, 1.807) is 0 Å². The maximum Gasteiger partial charge on any atom is 0.225 e. The van der Waals surface area contributed by atoms with Crippen molar-refractivity contribution < 1.29 is 24.2 Å². The maximum absolute atomic E-state index is 13.0. The van der Waals surface area contributed by atoms with Gasteiger partial charge in [-0.05, 0) is 89.1 Å². The molecule has 0 spiro atoms. The summed E-state index contributed by atoms with van der Waals surface area (Å²) in [5, 5.41) is 24.3. The number of ether oxygens (including phenoxy) is 2. The van der Waals surface area contributed by atoms with Crippen LogP contribution in [0.2, 0.25) is 0 Å². The van der Waals surface area contributed by atoms with E-state index in [-0.39, 0.29) is 24.1 Å². The fraction of sp³-hybridized carbons (Fsp3) is 0.935. The van der Waals surface area contributed by atoms with Gasteiger partial charge in [0.15, 0.2) is 0 Å². The second kappa shape index (κ2) is 14.6. The van der Waals surface area contributed by atoms with Gasteiger partial charge in [-0.2, -0.15) is 0 Å². The zero-order valence-electron chi connectivity index (χ0n) is 25.3. The number of carbonyl (C=O) groups excluding carboxylic acids is 2. The van der Waals surface area contributed by atoms with E-state index >= 15 is 0 Å². The lowest BCUT2D eigenvalue weighted by molar-refractivity contribution is -0.133. The van der Waals surface area contributed by atoms with Gasteiger partial charge >= 0.3 is 0 Å². The Kier molecular flexibility index (Phi) is 10.7. The number of hydrogen-bond donors (Lipinski definition) is 5. The first-order valence-corrected chi connectivity index (χ1v) is 16.9. The fourth-order valence-electron chi connectivity index (χ4n) is 7.92. The van der Waals surface area contributed by atoms with Crippen molar-refractivity contribution in [2.24, 2.45) is 23.7 Å². The lowest BCUT2D eigenvalue weighted by atomic mass is 9.74. The van der Waals surface area contributed by atoms with Crippen LogP contribution < -0.4 is 21.3 Å². The Morgan fingerprint density at radius 1 is 0.976 bits per heavy atom. The van der Waals surface area contributed by atoms with Crippen molar-refractivity contribution in [1.82, 2.24) is 31.1 Å². The Hall–Kier alpha value is -1.34. The molecule has 0 aromatic heterocycles. The van der Waals surface area contributed by atoms with Crippen LogP contribution in [0.4, 0.5) is 0 Å². The summed E-state index contributed by atoms with van der Waals surface area (Å²) in [7, 11) is 0. The molecular formula is C31H54N6O5. The third-order valence-electron chi connectivity index (χ3n) is 10.6. The first kappa shape index (κ1) is 30.7. The van der Waals surface area contributed by atoms with Crippen LogP contribution in [-0.4, -0.2) is 123 Å². The standard InChI is InChI=1S/C31H54N6O5/c38-26(18-36-10-6-22-13-27(4-3-24(22)17-36)41-19-28-16-32-20-42-28)15-34-30(39)23-5-9-33-29(14-23)35-25-7-11-37(12-8-25)31(40)21-1-2-21/h21-29,32-33,35,38H,1-20H2,(H,34,39)/t22?,23?,24?,26-,27?,28?,29?/m0/s1. The zero-order chi connectivity index (χ0) is 28.9. The fourth-order valence-corrected chi connectivity index (χ4v) is 7.92. The van der Waals surface area contributed by atoms with Crippen LogP contribution in [0.25, 0.3) is 0 Å². The molecule has 0 radical (unpaired) electrons. The molecule has 2 saturated carbocycles.